The Balaban J connectivity index is 1.76. The minimum Gasteiger partial charge on any atom is -0.324 e. The van der Waals surface area contributed by atoms with E-state index in [1.54, 1.807) is 28.9 Å². The van der Waals surface area contributed by atoms with E-state index in [-0.39, 0.29) is 24.0 Å². The largest absolute Gasteiger partial charge is 0.324 e. The summed E-state index contributed by atoms with van der Waals surface area (Å²) in [5.74, 6) is -0.0976. The molecule has 2 heterocycles. The molecule has 0 saturated heterocycles. The lowest BCUT2D eigenvalue weighted by molar-refractivity contribution is -0.116. The lowest BCUT2D eigenvalue weighted by Crippen LogP contribution is -2.31. The van der Waals surface area contributed by atoms with Crippen molar-refractivity contribution in [2.24, 2.45) is 0 Å². The summed E-state index contributed by atoms with van der Waals surface area (Å²) in [7, 11) is 0. The van der Waals surface area contributed by atoms with Gasteiger partial charge in [-0.3, -0.25) is 14.2 Å². The quantitative estimate of drug-likeness (QED) is 0.515. The third-order valence-electron chi connectivity index (χ3n) is 4.67. The molecule has 1 amide bonds. The van der Waals surface area contributed by atoms with E-state index < -0.39 is 0 Å². The number of benzene rings is 2. The van der Waals surface area contributed by atoms with Gasteiger partial charge < -0.3 is 5.32 Å². The summed E-state index contributed by atoms with van der Waals surface area (Å²) in [5.41, 5.74) is 3.10. The van der Waals surface area contributed by atoms with E-state index in [2.05, 4.69) is 15.4 Å². The molecule has 0 bridgehead atoms. The number of amides is 1. The van der Waals surface area contributed by atoms with Gasteiger partial charge in [0.25, 0.3) is 5.56 Å². The van der Waals surface area contributed by atoms with E-state index >= 15 is 0 Å². The van der Waals surface area contributed by atoms with Gasteiger partial charge in [-0.25, -0.2) is 9.67 Å². The van der Waals surface area contributed by atoms with Gasteiger partial charge in [-0.15, -0.1) is 0 Å². The van der Waals surface area contributed by atoms with Crippen LogP contribution >= 0.6 is 11.6 Å². The van der Waals surface area contributed by atoms with Gasteiger partial charge >= 0.3 is 0 Å². The van der Waals surface area contributed by atoms with Crippen molar-refractivity contribution in [3.8, 4) is 17.2 Å². The summed E-state index contributed by atoms with van der Waals surface area (Å²) in [4.78, 5) is 30.4. The highest BCUT2D eigenvalue weighted by Crippen LogP contribution is 2.18. The molecule has 0 spiro atoms. The highest BCUT2D eigenvalue weighted by Gasteiger charge is 2.17. The molecule has 0 aliphatic rings. The normalized spacial score (nSPS) is 10.8. The molecule has 31 heavy (non-hydrogen) atoms. The number of nitrogens with one attached hydrogen (secondary N) is 1. The van der Waals surface area contributed by atoms with Crippen LogP contribution in [0.3, 0.4) is 0 Å². The van der Waals surface area contributed by atoms with Crippen molar-refractivity contribution in [3.63, 3.8) is 0 Å². The topological polar surface area (TPSA) is 81.8 Å². The molecule has 7 nitrogen and oxygen atoms in total. The Morgan fingerprint density at radius 3 is 2.48 bits per heavy atom. The lowest BCUT2D eigenvalue weighted by atomic mass is 10.1. The lowest BCUT2D eigenvalue weighted by Gasteiger charge is -2.15. The van der Waals surface area contributed by atoms with E-state index in [0.717, 1.165) is 17.0 Å². The number of carbonyl (C=O) groups excluding carboxylic acids is 1. The van der Waals surface area contributed by atoms with Crippen molar-refractivity contribution in [2.45, 2.75) is 20.4 Å². The summed E-state index contributed by atoms with van der Waals surface area (Å²) < 4.78 is 2.89. The Hall–Kier alpha value is -3.71. The molecule has 0 aliphatic heterocycles. The summed E-state index contributed by atoms with van der Waals surface area (Å²) in [6.45, 7) is 3.51. The first kappa shape index (κ1) is 20.6. The van der Waals surface area contributed by atoms with Crippen LogP contribution in [0.2, 0.25) is 5.02 Å². The van der Waals surface area contributed by atoms with Crippen LogP contribution in [0.4, 0.5) is 5.69 Å². The number of halogens is 1. The standard InChI is InChI=1S/C23H20ClN5O2/c1-15-11-16(2)29(27-15)23-26-20(17-7-4-3-5-8-17)13-22(31)28(23)14-21(30)25-19-10-6-9-18(24)12-19/h3-13H,14H2,1-2H3,(H,25,30). The molecule has 156 valence electrons. The average molecular weight is 434 g/mol. The zero-order valence-corrected chi connectivity index (χ0v) is 17.8. The first-order chi connectivity index (χ1) is 14.9. The van der Waals surface area contributed by atoms with Crippen molar-refractivity contribution >= 4 is 23.2 Å². The van der Waals surface area contributed by atoms with Crippen molar-refractivity contribution in [2.75, 3.05) is 5.32 Å². The van der Waals surface area contributed by atoms with E-state index in [9.17, 15) is 9.59 Å². The monoisotopic (exact) mass is 433 g/mol. The van der Waals surface area contributed by atoms with Crippen LogP contribution in [0.15, 0.2) is 71.5 Å². The molecule has 4 rings (SSSR count). The van der Waals surface area contributed by atoms with E-state index in [1.165, 1.54) is 10.6 Å². The SMILES string of the molecule is Cc1cc(C)n(-c2nc(-c3ccccc3)cc(=O)n2CC(=O)Nc2cccc(Cl)c2)n1. The molecule has 0 fully saturated rings. The van der Waals surface area contributed by atoms with Gasteiger partial charge in [0.2, 0.25) is 11.9 Å². The number of hydrogen-bond acceptors (Lipinski definition) is 4. The maximum Gasteiger partial charge on any atom is 0.256 e. The molecular formula is C23H20ClN5O2. The van der Waals surface area contributed by atoms with Crippen molar-refractivity contribution in [1.29, 1.82) is 0 Å². The summed E-state index contributed by atoms with van der Waals surface area (Å²) in [5, 5.41) is 7.73. The number of carbonyl (C=O) groups is 1. The van der Waals surface area contributed by atoms with Crippen molar-refractivity contribution < 1.29 is 4.79 Å². The van der Waals surface area contributed by atoms with Crippen molar-refractivity contribution in [3.05, 3.63) is 93.5 Å². The summed E-state index contributed by atoms with van der Waals surface area (Å²) in [6, 6.07) is 19.5. The first-order valence-electron chi connectivity index (χ1n) is 9.67. The third kappa shape index (κ3) is 4.57. The van der Waals surface area contributed by atoms with E-state index in [1.807, 2.05) is 50.2 Å². The number of rotatable bonds is 5. The molecule has 0 unspecified atom stereocenters. The van der Waals surface area contributed by atoms with Crippen LogP contribution in [0.1, 0.15) is 11.4 Å². The van der Waals surface area contributed by atoms with Gasteiger partial charge in [0.05, 0.1) is 11.4 Å². The second kappa shape index (κ2) is 8.57. The Morgan fingerprint density at radius 1 is 1.03 bits per heavy atom. The van der Waals surface area contributed by atoms with E-state index in [0.29, 0.717) is 16.4 Å². The highest BCUT2D eigenvalue weighted by molar-refractivity contribution is 6.30. The smallest absolute Gasteiger partial charge is 0.256 e. The second-order valence-corrected chi connectivity index (χ2v) is 7.57. The number of aryl methyl sites for hydroxylation is 2. The molecule has 0 atom stereocenters. The zero-order chi connectivity index (χ0) is 22.0. The minimum absolute atomic E-state index is 0.221. The highest BCUT2D eigenvalue weighted by atomic mass is 35.5. The molecular weight excluding hydrogens is 414 g/mol. The Labute approximate surface area is 183 Å². The molecule has 4 aromatic rings. The van der Waals surface area contributed by atoms with E-state index in [4.69, 9.17) is 11.6 Å². The molecule has 0 radical (unpaired) electrons. The van der Waals surface area contributed by atoms with Crippen LogP contribution in [0.25, 0.3) is 17.2 Å². The zero-order valence-electron chi connectivity index (χ0n) is 17.0. The molecule has 0 aliphatic carbocycles. The summed E-state index contributed by atoms with van der Waals surface area (Å²) in [6.07, 6.45) is 0. The van der Waals surface area contributed by atoms with Crippen LogP contribution in [0, 0.1) is 13.8 Å². The Bertz CT molecular complexity index is 1310. The Morgan fingerprint density at radius 2 is 1.81 bits per heavy atom. The van der Waals surface area contributed by atoms with Crippen LogP contribution in [0.5, 0.6) is 0 Å². The first-order valence-corrected chi connectivity index (χ1v) is 10.0. The molecule has 0 saturated carbocycles. The molecule has 1 N–H and O–H groups in total. The molecule has 2 aromatic heterocycles. The van der Waals surface area contributed by atoms with Gasteiger partial charge in [-0.1, -0.05) is 48.0 Å². The molecule has 8 heteroatoms. The fourth-order valence-corrected chi connectivity index (χ4v) is 3.49. The number of aromatic nitrogens is 4. The van der Waals surface area contributed by atoms with Gasteiger partial charge in [-0.05, 0) is 38.1 Å². The fraction of sp³-hybridized carbons (Fsp3) is 0.130. The van der Waals surface area contributed by atoms with Gasteiger partial charge in [-0.2, -0.15) is 5.10 Å². The third-order valence-corrected chi connectivity index (χ3v) is 4.90. The maximum absolute atomic E-state index is 13.0. The van der Waals surface area contributed by atoms with Crippen LogP contribution in [-0.4, -0.2) is 25.2 Å². The van der Waals surface area contributed by atoms with Crippen LogP contribution < -0.4 is 10.9 Å². The van der Waals surface area contributed by atoms with Gasteiger partial charge in [0, 0.05) is 28.0 Å². The minimum atomic E-state index is -0.374. The predicted molar refractivity (Wildman–Crippen MR) is 121 cm³/mol. The number of hydrogen-bond donors (Lipinski definition) is 1. The predicted octanol–water partition coefficient (Wildman–Crippen LogP) is 4.00. The van der Waals surface area contributed by atoms with Gasteiger partial charge in [0.15, 0.2) is 0 Å². The summed E-state index contributed by atoms with van der Waals surface area (Å²) >= 11 is 5.99. The Kier molecular flexibility index (Phi) is 5.68. The number of anilines is 1. The average Bonchev–Trinajstić information content (AvgIpc) is 3.07. The fourth-order valence-electron chi connectivity index (χ4n) is 3.30. The van der Waals surface area contributed by atoms with Crippen LogP contribution in [-0.2, 0) is 11.3 Å². The number of nitrogens with zero attached hydrogens (tertiary/aromatic N) is 4. The van der Waals surface area contributed by atoms with Gasteiger partial charge in [0.1, 0.15) is 6.54 Å². The molecule has 2 aromatic carbocycles. The van der Waals surface area contributed by atoms with Crippen molar-refractivity contribution in [1.82, 2.24) is 19.3 Å². The maximum atomic E-state index is 13.0. The second-order valence-electron chi connectivity index (χ2n) is 7.13.